The molecule has 7 nitrogen and oxygen atoms in total. The van der Waals surface area contributed by atoms with Crippen LogP contribution in [-0.2, 0) is 14.8 Å². The van der Waals surface area contributed by atoms with E-state index in [2.05, 4.69) is 17.3 Å². The molecule has 9 heteroatoms. The quantitative estimate of drug-likeness (QED) is 0.641. The number of hydrogen-bond donors (Lipinski definition) is 1. The predicted octanol–water partition coefficient (Wildman–Crippen LogP) is 2.15. The second-order valence-corrected chi connectivity index (χ2v) is 10.3. The lowest BCUT2D eigenvalue weighted by Crippen LogP contribution is -2.41. The first-order valence-corrected chi connectivity index (χ1v) is 12.5. The van der Waals surface area contributed by atoms with Gasteiger partial charge in [0.05, 0.1) is 13.2 Å². The summed E-state index contributed by atoms with van der Waals surface area (Å²) in [5.41, 5.74) is 0. The van der Waals surface area contributed by atoms with Gasteiger partial charge in [0.1, 0.15) is 9.77 Å². The molecule has 1 amide bonds. The Morgan fingerprint density at radius 3 is 2.71 bits per heavy atom. The number of carbonyl (C=O) groups is 1. The molecule has 1 aromatic rings. The van der Waals surface area contributed by atoms with Crippen molar-refractivity contribution in [3.05, 3.63) is 16.3 Å². The molecule has 158 valence electrons. The van der Waals surface area contributed by atoms with Crippen molar-refractivity contribution in [1.29, 1.82) is 0 Å². The van der Waals surface area contributed by atoms with E-state index in [0.717, 1.165) is 13.0 Å². The summed E-state index contributed by atoms with van der Waals surface area (Å²) < 4.78 is 32.3. The first-order valence-electron chi connectivity index (χ1n) is 10.1. The zero-order chi connectivity index (χ0) is 20.0. The van der Waals surface area contributed by atoms with Crippen molar-refractivity contribution in [2.45, 2.75) is 49.5 Å². The summed E-state index contributed by atoms with van der Waals surface area (Å²) in [6.45, 7) is 2.91. The van der Waals surface area contributed by atoms with Crippen LogP contribution in [0.25, 0.3) is 0 Å². The molecule has 0 radical (unpaired) electrons. The van der Waals surface area contributed by atoms with Crippen molar-refractivity contribution in [3.63, 3.8) is 0 Å². The summed E-state index contributed by atoms with van der Waals surface area (Å²) in [5, 5.41) is 4.56. The maximum absolute atomic E-state index is 12.9. The molecule has 2 aliphatic rings. The van der Waals surface area contributed by atoms with Gasteiger partial charge in [0.25, 0.3) is 5.91 Å². The number of carbonyl (C=O) groups excluding carboxylic acids is 1. The molecular formula is C19H31N3O4S2. The van der Waals surface area contributed by atoms with E-state index < -0.39 is 10.0 Å². The van der Waals surface area contributed by atoms with Crippen LogP contribution < -0.4 is 5.32 Å². The summed E-state index contributed by atoms with van der Waals surface area (Å²) in [5.74, 6) is -0.304. The molecule has 1 aliphatic heterocycles. The Morgan fingerprint density at radius 2 is 2.00 bits per heavy atom. The fourth-order valence-electron chi connectivity index (χ4n) is 3.91. The lowest BCUT2D eigenvalue weighted by molar-refractivity contribution is 0.0730. The number of hydrogen-bond acceptors (Lipinski definition) is 6. The Kier molecular flexibility index (Phi) is 7.87. The van der Waals surface area contributed by atoms with E-state index in [1.807, 2.05) is 0 Å². The van der Waals surface area contributed by atoms with Crippen LogP contribution in [0.1, 0.15) is 48.2 Å². The van der Waals surface area contributed by atoms with Gasteiger partial charge in [-0.3, -0.25) is 4.79 Å². The van der Waals surface area contributed by atoms with E-state index in [9.17, 15) is 13.2 Å². The number of morpholine rings is 1. The first-order chi connectivity index (χ1) is 13.5. The second-order valence-electron chi connectivity index (χ2n) is 7.51. The number of nitrogens with one attached hydrogen (secondary N) is 1. The van der Waals surface area contributed by atoms with Crippen molar-refractivity contribution in [3.8, 4) is 0 Å². The molecule has 0 spiro atoms. The molecule has 1 saturated carbocycles. The van der Waals surface area contributed by atoms with Crippen LogP contribution in [0.3, 0.4) is 0 Å². The van der Waals surface area contributed by atoms with E-state index in [1.165, 1.54) is 53.8 Å². The van der Waals surface area contributed by atoms with Gasteiger partial charge in [-0.2, -0.15) is 4.31 Å². The summed E-state index contributed by atoms with van der Waals surface area (Å²) in [4.78, 5) is 15.4. The van der Waals surface area contributed by atoms with Crippen molar-refractivity contribution >= 4 is 27.3 Å². The number of thiophene rings is 1. The second kappa shape index (κ2) is 10.2. The molecule has 3 rings (SSSR count). The minimum atomic E-state index is -3.66. The number of sulfonamides is 1. The fraction of sp³-hybridized carbons (Fsp3) is 0.737. The minimum absolute atomic E-state index is 0.108. The van der Waals surface area contributed by atoms with Gasteiger partial charge >= 0.3 is 0 Å². The van der Waals surface area contributed by atoms with Crippen molar-refractivity contribution < 1.29 is 17.9 Å². The van der Waals surface area contributed by atoms with E-state index in [4.69, 9.17) is 4.74 Å². The summed E-state index contributed by atoms with van der Waals surface area (Å²) in [6, 6.07) is 2.19. The predicted molar refractivity (Wildman–Crippen MR) is 110 cm³/mol. The number of amides is 1. The maximum Gasteiger partial charge on any atom is 0.262 e. The molecule has 0 atom stereocenters. The number of rotatable bonds is 8. The molecule has 2 heterocycles. The summed E-state index contributed by atoms with van der Waals surface area (Å²) >= 11 is 1.18. The van der Waals surface area contributed by atoms with Gasteiger partial charge in [0, 0.05) is 25.7 Å². The Balaban J connectivity index is 1.50. The zero-order valence-electron chi connectivity index (χ0n) is 16.6. The number of nitrogens with zero attached hydrogens (tertiary/aromatic N) is 2. The van der Waals surface area contributed by atoms with Crippen molar-refractivity contribution in [2.75, 3.05) is 46.4 Å². The highest BCUT2D eigenvalue weighted by Crippen LogP contribution is 2.26. The molecule has 1 saturated heterocycles. The Hall–Kier alpha value is -1.00. The highest BCUT2D eigenvalue weighted by atomic mass is 32.2. The highest BCUT2D eigenvalue weighted by molar-refractivity contribution is 7.89. The maximum atomic E-state index is 12.9. The average molecular weight is 430 g/mol. The third-order valence-corrected chi connectivity index (χ3v) is 8.58. The lowest BCUT2D eigenvalue weighted by Gasteiger charge is -2.31. The van der Waals surface area contributed by atoms with Gasteiger partial charge in [0.15, 0.2) is 0 Å². The lowest BCUT2D eigenvalue weighted by atomic mass is 9.94. The smallest absolute Gasteiger partial charge is 0.262 e. The normalized spacial score (nSPS) is 19.8. The summed E-state index contributed by atoms with van der Waals surface area (Å²) in [6.07, 6.45) is 7.35. The van der Waals surface area contributed by atoms with Crippen LogP contribution in [0.4, 0.5) is 0 Å². The van der Waals surface area contributed by atoms with E-state index in [-0.39, 0.29) is 15.7 Å². The molecule has 1 aromatic heterocycles. The molecular weight excluding hydrogens is 398 g/mol. The van der Waals surface area contributed by atoms with Gasteiger partial charge < -0.3 is 15.0 Å². The van der Waals surface area contributed by atoms with Crippen LogP contribution in [-0.4, -0.2) is 76.0 Å². The minimum Gasteiger partial charge on any atom is -0.379 e. The first kappa shape index (κ1) is 21.7. The van der Waals surface area contributed by atoms with E-state index in [1.54, 1.807) is 5.38 Å². The molecule has 0 bridgehead atoms. The van der Waals surface area contributed by atoms with Crippen LogP contribution in [0.2, 0.25) is 0 Å². The Bertz CT molecular complexity index is 738. The van der Waals surface area contributed by atoms with Gasteiger partial charge in [-0.25, -0.2) is 8.42 Å². The van der Waals surface area contributed by atoms with Crippen molar-refractivity contribution in [1.82, 2.24) is 14.5 Å². The number of ether oxygens (including phenoxy) is 1. The molecule has 1 aliphatic carbocycles. The van der Waals surface area contributed by atoms with Crippen LogP contribution >= 0.6 is 11.3 Å². The molecule has 28 heavy (non-hydrogen) atoms. The van der Waals surface area contributed by atoms with Crippen molar-refractivity contribution in [2.24, 2.45) is 0 Å². The molecule has 0 aromatic carbocycles. The zero-order valence-corrected chi connectivity index (χ0v) is 18.2. The van der Waals surface area contributed by atoms with E-state index in [0.29, 0.717) is 38.9 Å². The third kappa shape index (κ3) is 5.33. The monoisotopic (exact) mass is 429 g/mol. The molecule has 1 N–H and O–H groups in total. The van der Waals surface area contributed by atoms with Crippen LogP contribution in [0, 0.1) is 0 Å². The average Bonchev–Trinajstić information content (AvgIpc) is 3.23. The Labute approximate surface area is 172 Å². The third-order valence-electron chi connectivity index (χ3n) is 5.59. The Morgan fingerprint density at radius 1 is 1.29 bits per heavy atom. The van der Waals surface area contributed by atoms with Gasteiger partial charge in [-0.1, -0.05) is 19.3 Å². The van der Waals surface area contributed by atoms with E-state index >= 15 is 0 Å². The van der Waals surface area contributed by atoms with Gasteiger partial charge in [-0.05, 0) is 44.3 Å². The largest absolute Gasteiger partial charge is 0.379 e. The van der Waals surface area contributed by atoms with Gasteiger partial charge in [-0.15, -0.1) is 11.3 Å². The topological polar surface area (TPSA) is 79.0 Å². The van der Waals surface area contributed by atoms with Crippen LogP contribution in [0.5, 0.6) is 0 Å². The highest BCUT2D eigenvalue weighted by Gasteiger charge is 2.31. The van der Waals surface area contributed by atoms with Gasteiger partial charge in [0.2, 0.25) is 10.0 Å². The standard InChI is InChI=1S/C19H31N3O4S2/c1-21(16-6-3-2-4-7-16)10-5-9-20-19(23)18-17(8-15-27-18)28(24,25)22-11-13-26-14-12-22/h8,15-16H,2-7,9-14H2,1H3,(H,20,23). The fourth-order valence-corrected chi connectivity index (χ4v) is 6.63. The molecule has 2 fully saturated rings. The summed E-state index contributed by atoms with van der Waals surface area (Å²) in [7, 11) is -1.50. The SMILES string of the molecule is CN(CCCNC(=O)c1sccc1S(=O)(=O)N1CCOCC1)C1CCCCC1. The van der Waals surface area contributed by atoms with Crippen LogP contribution in [0.15, 0.2) is 16.3 Å². The molecule has 0 unspecified atom stereocenters.